The summed E-state index contributed by atoms with van der Waals surface area (Å²) in [5.74, 6) is -0.843. The number of carboxylic acid groups (broad SMARTS) is 1. The average Bonchev–Trinajstić information content (AvgIpc) is 2.56. The van der Waals surface area contributed by atoms with Crippen LogP contribution in [0, 0.1) is 0 Å². The number of carbonyl (C=O) groups excluding carboxylic acids is 2. The number of amides is 1. The fraction of sp³-hybridized carbons (Fsp3) is 0.905. The Morgan fingerprint density at radius 2 is 1.23 bits per heavy atom. The molecule has 0 bridgehead atoms. The lowest BCUT2D eigenvalue weighted by molar-refractivity contribution is -0.858. The van der Waals surface area contributed by atoms with Crippen LogP contribution in [0.3, 0.4) is 0 Å². The number of carboxylic acids is 1. The summed E-state index contributed by atoms with van der Waals surface area (Å²) < 4.78 is 0. The van der Waals surface area contributed by atoms with Gasteiger partial charge in [0.15, 0.2) is 0 Å². The Kier molecular flexibility index (Phi) is 22.9. The molecular formula is C21H44N2O3. The zero-order chi connectivity index (χ0) is 20.0. The van der Waals surface area contributed by atoms with Crippen LogP contribution in [0.15, 0.2) is 0 Å². The highest BCUT2D eigenvalue weighted by Gasteiger charge is 2.01. The number of aliphatic carboxylic acids is 1. The molecule has 2 N–H and O–H groups in total. The van der Waals surface area contributed by atoms with E-state index >= 15 is 0 Å². The summed E-state index contributed by atoms with van der Waals surface area (Å²) in [6, 6.07) is 0. The van der Waals surface area contributed by atoms with E-state index in [1.165, 1.54) is 69.1 Å². The average molecular weight is 373 g/mol. The van der Waals surface area contributed by atoms with E-state index in [4.69, 9.17) is 9.90 Å². The van der Waals surface area contributed by atoms with E-state index in [1.54, 1.807) is 0 Å². The highest BCUT2D eigenvalue weighted by atomic mass is 16.4. The first kappa shape index (κ1) is 27.1. The van der Waals surface area contributed by atoms with Gasteiger partial charge in [0, 0.05) is 25.4 Å². The van der Waals surface area contributed by atoms with Crippen molar-refractivity contribution < 1.29 is 19.6 Å². The van der Waals surface area contributed by atoms with Crippen LogP contribution in [0.1, 0.15) is 97.3 Å². The van der Waals surface area contributed by atoms with Crippen molar-refractivity contribution in [2.75, 3.05) is 27.2 Å². The largest absolute Gasteiger partial charge is 0.550 e. The van der Waals surface area contributed by atoms with E-state index < -0.39 is 5.97 Å². The quantitative estimate of drug-likeness (QED) is 0.408. The maximum atomic E-state index is 11.6. The first-order chi connectivity index (χ1) is 12.4. The number of quaternary nitrogens is 1. The van der Waals surface area contributed by atoms with Gasteiger partial charge in [-0.15, -0.1) is 0 Å². The molecule has 0 aromatic carbocycles. The second-order valence-electron chi connectivity index (χ2n) is 7.44. The molecule has 26 heavy (non-hydrogen) atoms. The third-order valence-corrected chi connectivity index (χ3v) is 4.18. The fourth-order valence-electron chi connectivity index (χ4n) is 2.71. The standard InChI is InChI=1S/C19H40N2O.C2H4O2/c1-4-5-6-7-8-9-10-11-12-13-14-16-19(22)20-17-15-18-21(2)3;1-2(3)4/h4-18H2,1-3H3,(H,20,22);1H3,(H,3,4). The molecule has 0 rings (SSSR count). The molecule has 0 aliphatic heterocycles. The predicted molar refractivity (Wildman–Crippen MR) is 107 cm³/mol. The molecular weight excluding hydrogens is 328 g/mol. The first-order valence-electron chi connectivity index (χ1n) is 10.6. The lowest BCUT2D eigenvalue weighted by Gasteiger charge is -2.08. The van der Waals surface area contributed by atoms with Crippen LogP contribution >= 0.6 is 0 Å². The molecule has 0 aliphatic rings. The maximum Gasteiger partial charge on any atom is 0.219 e. The predicted octanol–water partition coefficient (Wildman–Crippen LogP) is 2.09. The molecule has 0 radical (unpaired) electrons. The van der Waals surface area contributed by atoms with Crippen molar-refractivity contribution >= 4 is 11.9 Å². The fourth-order valence-corrected chi connectivity index (χ4v) is 2.71. The normalized spacial score (nSPS) is 10.3. The van der Waals surface area contributed by atoms with Crippen molar-refractivity contribution in [3.05, 3.63) is 0 Å². The van der Waals surface area contributed by atoms with E-state index in [-0.39, 0.29) is 5.91 Å². The second kappa shape index (κ2) is 21.9. The van der Waals surface area contributed by atoms with E-state index in [0.717, 1.165) is 32.9 Å². The lowest BCUT2D eigenvalue weighted by Crippen LogP contribution is -3.05. The smallest absolute Gasteiger partial charge is 0.219 e. The van der Waals surface area contributed by atoms with Crippen molar-refractivity contribution in [3.8, 4) is 0 Å². The Hall–Kier alpha value is -1.10. The molecule has 0 saturated heterocycles. The molecule has 0 atom stereocenters. The summed E-state index contributed by atoms with van der Waals surface area (Å²) in [5, 5.41) is 11.9. The van der Waals surface area contributed by atoms with Gasteiger partial charge >= 0.3 is 0 Å². The number of carbonyl (C=O) groups is 2. The number of hydrogen-bond donors (Lipinski definition) is 2. The lowest BCUT2D eigenvalue weighted by atomic mass is 10.1. The van der Waals surface area contributed by atoms with Crippen molar-refractivity contribution in [2.45, 2.75) is 97.3 Å². The number of rotatable bonds is 16. The monoisotopic (exact) mass is 372 g/mol. The van der Waals surface area contributed by atoms with Crippen molar-refractivity contribution in [3.63, 3.8) is 0 Å². The van der Waals surface area contributed by atoms with Gasteiger partial charge in [-0.2, -0.15) is 0 Å². The summed E-state index contributed by atoms with van der Waals surface area (Å²) in [5.41, 5.74) is 0. The third-order valence-electron chi connectivity index (χ3n) is 4.18. The molecule has 0 spiro atoms. The Labute approximate surface area is 161 Å². The van der Waals surface area contributed by atoms with E-state index in [1.807, 2.05) is 0 Å². The Balaban J connectivity index is 0. The van der Waals surface area contributed by atoms with Gasteiger partial charge in [0.25, 0.3) is 0 Å². The van der Waals surface area contributed by atoms with Gasteiger partial charge in [-0.1, -0.05) is 71.1 Å². The van der Waals surface area contributed by atoms with Crippen molar-refractivity contribution in [1.82, 2.24) is 5.32 Å². The van der Waals surface area contributed by atoms with E-state index in [0.29, 0.717) is 6.42 Å². The summed E-state index contributed by atoms with van der Waals surface area (Å²) in [6.07, 6.45) is 16.5. The molecule has 0 unspecified atom stereocenters. The van der Waals surface area contributed by atoms with Crippen LogP contribution in [0.4, 0.5) is 0 Å². The summed E-state index contributed by atoms with van der Waals surface area (Å²) >= 11 is 0. The van der Waals surface area contributed by atoms with Gasteiger partial charge in [0.1, 0.15) is 0 Å². The highest BCUT2D eigenvalue weighted by molar-refractivity contribution is 5.75. The zero-order valence-corrected chi connectivity index (χ0v) is 17.8. The Morgan fingerprint density at radius 3 is 1.65 bits per heavy atom. The number of unbranched alkanes of at least 4 members (excludes halogenated alkanes) is 10. The molecule has 0 aliphatic carbocycles. The number of nitrogens with one attached hydrogen (secondary N) is 2. The minimum atomic E-state index is -1.08. The van der Waals surface area contributed by atoms with Gasteiger partial charge < -0.3 is 20.1 Å². The minimum absolute atomic E-state index is 0.240. The van der Waals surface area contributed by atoms with Crippen molar-refractivity contribution in [1.29, 1.82) is 0 Å². The molecule has 1 amide bonds. The van der Waals surface area contributed by atoms with Crippen molar-refractivity contribution in [2.24, 2.45) is 0 Å². The minimum Gasteiger partial charge on any atom is -0.550 e. The second-order valence-corrected chi connectivity index (χ2v) is 7.44. The molecule has 0 saturated carbocycles. The van der Waals surface area contributed by atoms with Gasteiger partial charge in [0.2, 0.25) is 5.91 Å². The van der Waals surface area contributed by atoms with Crippen LogP contribution in [0.25, 0.3) is 0 Å². The van der Waals surface area contributed by atoms with Gasteiger partial charge in [-0.25, -0.2) is 0 Å². The summed E-state index contributed by atoms with van der Waals surface area (Å²) in [7, 11) is 4.29. The van der Waals surface area contributed by atoms with Gasteiger partial charge in [-0.3, -0.25) is 4.79 Å². The third kappa shape index (κ3) is 30.7. The molecule has 0 aromatic rings. The molecule has 0 aromatic heterocycles. The highest BCUT2D eigenvalue weighted by Crippen LogP contribution is 2.11. The van der Waals surface area contributed by atoms with Gasteiger partial charge in [-0.05, 0) is 13.3 Å². The molecule has 0 fully saturated rings. The topological polar surface area (TPSA) is 73.7 Å². The van der Waals surface area contributed by atoms with E-state index in [2.05, 4.69) is 26.3 Å². The van der Waals surface area contributed by atoms with Gasteiger partial charge in [0.05, 0.1) is 20.6 Å². The zero-order valence-electron chi connectivity index (χ0n) is 17.8. The molecule has 5 nitrogen and oxygen atoms in total. The Morgan fingerprint density at radius 1 is 0.808 bits per heavy atom. The van der Waals surface area contributed by atoms with Crippen LogP contribution in [-0.2, 0) is 9.59 Å². The summed E-state index contributed by atoms with van der Waals surface area (Å²) in [4.78, 5) is 22.0. The van der Waals surface area contributed by atoms with Crippen LogP contribution in [0.5, 0.6) is 0 Å². The molecule has 5 heteroatoms. The number of hydrogen-bond acceptors (Lipinski definition) is 3. The molecule has 0 heterocycles. The van der Waals surface area contributed by atoms with Crippen LogP contribution < -0.4 is 15.3 Å². The first-order valence-corrected chi connectivity index (χ1v) is 10.6. The van der Waals surface area contributed by atoms with Crippen LogP contribution in [-0.4, -0.2) is 39.1 Å². The van der Waals surface area contributed by atoms with Crippen LogP contribution in [0.2, 0.25) is 0 Å². The molecule has 156 valence electrons. The summed E-state index contributed by atoms with van der Waals surface area (Å²) in [6.45, 7) is 5.20. The SMILES string of the molecule is CC(=O)[O-].CCCCCCCCCCCCCC(=O)NCCC[NH+](C)C. The maximum absolute atomic E-state index is 11.6. The Bertz CT molecular complexity index is 316. The van der Waals surface area contributed by atoms with E-state index in [9.17, 15) is 4.79 Å².